The Kier molecular flexibility index (Phi) is 5.27. The van der Waals surface area contributed by atoms with Crippen LogP contribution in [0, 0.1) is 13.8 Å². The van der Waals surface area contributed by atoms with Gasteiger partial charge in [-0.2, -0.15) is 5.21 Å². The largest absolute Gasteiger partial charge is 0.334 e. The Morgan fingerprint density at radius 1 is 1.38 bits per heavy atom. The molecule has 1 atom stereocenters. The summed E-state index contributed by atoms with van der Waals surface area (Å²) in [5, 5.41) is 17.9. The molecule has 0 radical (unpaired) electrons. The lowest BCUT2D eigenvalue weighted by atomic mass is 10.1. The molecule has 0 spiro atoms. The van der Waals surface area contributed by atoms with Gasteiger partial charge in [0.2, 0.25) is 5.82 Å². The van der Waals surface area contributed by atoms with E-state index in [0.717, 1.165) is 26.7 Å². The van der Waals surface area contributed by atoms with Crippen molar-refractivity contribution in [2.75, 3.05) is 7.05 Å². The molecule has 8 nitrogen and oxygen atoms in total. The van der Waals surface area contributed by atoms with E-state index < -0.39 is 0 Å². The van der Waals surface area contributed by atoms with E-state index in [1.165, 1.54) is 0 Å². The van der Waals surface area contributed by atoms with Gasteiger partial charge >= 0.3 is 6.03 Å². The molecule has 0 saturated heterocycles. The fourth-order valence-electron chi connectivity index (χ4n) is 2.70. The van der Waals surface area contributed by atoms with Crippen LogP contribution in [-0.2, 0) is 6.54 Å². The first-order valence-electron chi connectivity index (χ1n) is 8.23. The maximum Gasteiger partial charge on any atom is 0.317 e. The second-order valence-corrected chi connectivity index (χ2v) is 7.46. The Hall–Kier alpha value is -2.81. The number of nitrogens with one attached hydrogen (secondary N) is 2. The van der Waals surface area contributed by atoms with Crippen LogP contribution < -0.4 is 5.32 Å². The summed E-state index contributed by atoms with van der Waals surface area (Å²) in [7, 11) is 1.78. The number of thiazole rings is 1. The highest BCUT2D eigenvalue weighted by Crippen LogP contribution is 2.26. The maximum absolute atomic E-state index is 12.5. The van der Waals surface area contributed by atoms with Crippen LogP contribution in [0.3, 0.4) is 0 Å². The van der Waals surface area contributed by atoms with E-state index in [1.807, 2.05) is 45.0 Å². The molecule has 0 aliphatic carbocycles. The lowest BCUT2D eigenvalue weighted by Crippen LogP contribution is -2.38. The lowest BCUT2D eigenvalue weighted by molar-refractivity contribution is 0.193. The Morgan fingerprint density at radius 3 is 2.85 bits per heavy atom. The number of nitrogens with zero attached hydrogens (tertiary/aromatic N) is 5. The van der Waals surface area contributed by atoms with Crippen LogP contribution >= 0.6 is 11.3 Å². The molecule has 1 unspecified atom stereocenters. The first-order valence-corrected chi connectivity index (χ1v) is 9.04. The zero-order valence-electron chi connectivity index (χ0n) is 15.1. The van der Waals surface area contributed by atoms with E-state index in [1.54, 1.807) is 23.3 Å². The van der Waals surface area contributed by atoms with Crippen LogP contribution in [0.25, 0.3) is 11.4 Å². The number of tetrazole rings is 1. The highest BCUT2D eigenvalue weighted by Gasteiger charge is 2.21. The highest BCUT2D eigenvalue weighted by molar-refractivity contribution is 7.11. The van der Waals surface area contributed by atoms with Crippen LogP contribution in [-0.4, -0.2) is 43.6 Å². The number of urea groups is 1. The number of H-pyrrole nitrogens is 1. The number of aryl methyl sites for hydroxylation is 2. The van der Waals surface area contributed by atoms with E-state index in [4.69, 9.17) is 0 Å². The third-order valence-electron chi connectivity index (χ3n) is 4.21. The van der Waals surface area contributed by atoms with Crippen molar-refractivity contribution < 1.29 is 4.79 Å². The van der Waals surface area contributed by atoms with Crippen molar-refractivity contribution in [3.05, 3.63) is 45.4 Å². The number of hydrogen-bond donors (Lipinski definition) is 2. The summed E-state index contributed by atoms with van der Waals surface area (Å²) in [6.07, 6.45) is 0. The fraction of sp³-hybridized carbons (Fsp3) is 0.353. The summed E-state index contributed by atoms with van der Waals surface area (Å²) in [5.74, 6) is 0.526. The van der Waals surface area contributed by atoms with E-state index >= 15 is 0 Å². The normalized spacial score (nSPS) is 12.0. The summed E-state index contributed by atoms with van der Waals surface area (Å²) in [5.41, 5.74) is 2.76. The predicted octanol–water partition coefficient (Wildman–Crippen LogP) is 2.84. The molecule has 26 heavy (non-hydrogen) atoms. The molecule has 0 aliphatic heterocycles. The van der Waals surface area contributed by atoms with Gasteiger partial charge in [-0.25, -0.2) is 9.78 Å². The quantitative estimate of drug-likeness (QED) is 0.718. The van der Waals surface area contributed by atoms with Crippen LogP contribution in [0.4, 0.5) is 4.79 Å². The van der Waals surface area contributed by atoms with Crippen molar-refractivity contribution in [2.45, 2.75) is 33.4 Å². The van der Waals surface area contributed by atoms with Gasteiger partial charge < -0.3 is 10.2 Å². The Morgan fingerprint density at radius 2 is 2.19 bits per heavy atom. The summed E-state index contributed by atoms with van der Waals surface area (Å²) in [6, 6.07) is 7.45. The van der Waals surface area contributed by atoms with Gasteiger partial charge in [0.1, 0.15) is 0 Å². The van der Waals surface area contributed by atoms with Crippen molar-refractivity contribution in [1.82, 2.24) is 35.8 Å². The number of carbonyl (C=O) groups is 1. The average molecular weight is 371 g/mol. The third kappa shape index (κ3) is 3.88. The summed E-state index contributed by atoms with van der Waals surface area (Å²) in [6.45, 7) is 6.41. The van der Waals surface area contributed by atoms with Crippen LogP contribution in [0.5, 0.6) is 0 Å². The molecular weight excluding hydrogens is 350 g/mol. The number of hydrogen-bond acceptors (Lipinski definition) is 6. The zero-order valence-corrected chi connectivity index (χ0v) is 16.0. The average Bonchev–Trinajstić information content (AvgIpc) is 3.28. The summed E-state index contributed by atoms with van der Waals surface area (Å²) < 4.78 is 0. The minimum atomic E-state index is -0.146. The van der Waals surface area contributed by atoms with Crippen LogP contribution in [0.1, 0.15) is 34.1 Å². The third-order valence-corrected chi connectivity index (χ3v) is 5.11. The lowest BCUT2D eigenvalue weighted by Gasteiger charge is -2.24. The Balaban J connectivity index is 1.63. The summed E-state index contributed by atoms with van der Waals surface area (Å²) >= 11 is 1.65. The standard InChI is InChI=1S/C17H21N7OS/c1-10(15-11(2)26-12(3)19-15)24(4)17(25)18-9-13-6-5-7-14(8-13)16-20-22-23-21-16/h5-8,10H,9H2,1-4H3,(H,18,25)(H,20,21,22,23). The number of aromatic amines is 1. The van der Waals surface area contributed by atoms with Crippen LogP contribution in [0.15, 0.2) is 24.3 Å². The van der Waals surface area contributed by atoms with Crippen molar-refractivity contribution >= 4 is 17.4 Å². The molecule has 3 aromatic rings. The first-order chi connectivity index (χ1) is 12.5. The van der Waals surface area contributed by atoms with Gasteiger partial charge in [-0.15, -0.1) is 21.5 Å². The van der Waals surface area contributed by atoms with E-state index in [-0.39, 0.29) is 12.1 Å². The van der Waals surface area contributed by atoms with Gasteiger partial charge in [-0.3, -0.25) is 0 Å². The smallest absolute Gasteiger partial charge is 0.317 e. The molecule has 1 aromatic carbocycles. The fourth-order valence-corrected chi connectivity index (χ4v) is 3.61. The van der Waals surface area contributed by atoms with Gasteiger partial charge in [0.15, 0.2) is 0 Å². The van der Waals surface area contributed by atoms with E-state index in [0.29, 0.717) is 12.4 Å². The SMILES string of the molecule is Cc1nc(C(C)N(C)C(=O)NCc2cccc(-c3nn[nH]n3)c2)c(C)s1. The maximum atomic E-state index is 12.5. The molecule has 0 bridgehead atoms. The number of rotatable bonds is 5. The number of carbonyl (C=O) groups excluding carboxylic acids is 1. The molecule has 3 rings (SSSR count). The second-order valence-electron chi connectivity index (χ2n) is 6.06. The highest BCUT2D eigenvalue weighted by atomic mass is 32.1. The Bertz CT molecular complexity index is 890. The van der Waals surface area contributed by atoms with Gasteiger partial charge in [-0.05, 0) is 37.6 Å². The minimum absolute atomic E-state index is 0.0920. The van der Waals surface area contributed by atoms with Crippen molar-refractivity contribution in [2.24, 2.45) is 0 Å². The number of aromatic nitrogens is 5. The van der Waals surface area contributed by atoms with Gasteiger partial charge in [0, 0.05) is 24.0 Å². The molecule has 2 heterocycles. The topological polar surface area (TPSA) is 99.7 Å². The summed E-state index contributed by atoms with van der Waals surface area (Å²) in [4.78, 5) is 19.9. The monoisotopic (exact) mass is 371 g/mol. The molecule has 0 fully saturated rings. The molecule has 0 saturated carbocycles. The molecule has 2 aromatic heterocycles. The molecule has 9 heteroatoms. The molecule has 136 valence electrons. The van der Waals surface area contributed by atoms with Gasteiger partial charge in [0.05, 0.1) is 16.7 Å². The molecule has 2 N–H and O–H groups in total. The van der Waals surface area contributed by atoms with E-state index in [9.17, 15) is 4.79 Å². The number of benzene rings is 1. The molecule has 2 amide bonds. The molecule has 0 aliphatic rings. The minimum Gasteiger partial charge on any atom is -0.334 e. The zero-order chi connectivity index (χ0) is 18.7. The predicted molar refractivity (Wildman–Crippen MR) is 99.6 cm³/mol. The van der Waals surface area contributed by atoms with Gasteiger partial charge in [-0.1, -0.05) is 18.2 Å². The van der Waals surface area contributed by atoms with E-state index in [2.05, 4.69) is 30.9 Å². The molecular formula is C17H21N7OS. The second kappa shape index (κ2) is 7.61. The van der Waals surface area contributed by atoms with Crippen molar-refractivity contribution in [3.63, 3.8) is 0 Å². The first kappa shape index (κ1) is 18.0. The van der Waals surface area contributed by atoms with Crippen molar-refractivity contribution in [3.8, 4) is 11.4 Å². The van der Waals surface area contributed by atoms with Gasteiger partial charge in [0.25, 0.3) is 0 Å². The van der Waals surface area contributed by atoms with Crippen LogP contribution in [0.2, 0.25) is 0 Å². The van der Waals surface area contributed by atoms with Crippen molar-refractivity contribution in [1.29, 1.82) is 0 Å². The number of amides is 2. The Labute approximate surface area is 155 Å².